The summed E-state index contributed by atoms with van der Waals surface area (Å²) in [5.41, 5.74) is 0.159. The quantitative estimate of drug-likeness (QED) is 0.202. The van der Waals surface area contributed by atoms with E-state index in [1.165, 1.54) is 13.2 Å². The Bertz CT molecular complexity index is 1540. The molecule has 0 aliphatic heterocycles. The average molecular weight is 519 g/mol. The van der Waals surface area contributed by atoms with Gasteiger partial charge in [0.05, 0.1) is 24.9 Å². The number of carbonyl (C=O) groups is 1. The summed E-state index contributed by atoms with van der Waals surface area (Å²) in [4.78, 5) is 39.5. The Hall–Kier alpha value is -4.46. The summed E-state index contributed by atoms with van der Waals surface area (Å²) in [5, 5.41) is 3.11. The Morgan fingerprint density at radius 1 is 1.05 bits per heavy atom. The number of ether oxygens (including phenoxy) is 4. The van der Waals surface area contributed by atoms with Crippen LogP contribution in [0.1, 0.15) is 5.69 Å². The maximum atomic E-state index is 12.8. The van der Waals surface area contributed by atoms with Crippen molar-refractivity contribution in [1.82, 2.24) is 19.9 Å². The monoisotopic (exact) mass is 519 g/mol. The number of esters is 1. The van der Waals surface area contributed by atoms with E-state index >= 15 is 0 Å². The fourth-order valence-electron chi connectivity index (χ4n) is 3.42. The van der Waals surface area contributed by atoms with Crippen molar-refractivity contribution in [2.45, 2.75) is 13.1 Å². The van der Waals surface area contributed by atoms with E-state index in [0.717, 1.165) is 11.5 Å². The van der Waals surface area contributed by atoms with Crippen molar-refractivity contribution in [3.05, 3.63) is 46.4 Å². The summed E-state index contributed by atoms with van der Waals surface area (Å²) in [6.45, 7) is 2.57. The average Bonchev–Trinajstić information content (AvgIpc) is 2.84. The number of methoxy groups -OCH3 is 2. The second-order valence-electron chi connectivity index (χ2n) is 7.57. The highest BCUT2D eigenvalue weighted by Crippen LogP contribution is 2.32. The molecule has 0 fully saturated rings. The number of hydrogen-bond acceptors (Lipinski definition) is 10. The van der Waals surface area contributed by atoms with Crippen LogP contribution in [0, 0.1) is 6.92 Å². The van der Waals surface area contributed by atoms with Gasteiger partial charge < -0.3 is 18.9 Å². The Morgan fingerprint density at radius 2 is 1.81 bits per heavy atom. The van der Waals surface area contributed by atoms with Gasteiger partial charge in [0.15, 0.2) is 0 Å². The Kier molecular flexibility index (Phi) is 7.11. The van der Waals surface area contributed by atoms with Crippen LogP contribution in [0.25, 0.3) is 21.8 Å². The van der Waals surface area contributed by atoms with Gasteiger partial charge in [0, 0.05) is 12.5 Å². The molecule has 14 heteroatoms. The van der Waals surface area contributed by atoms with Crippen LogP contribution < -0.4 is 25.1 Å². The molecule has 0 aliphatic carbocycles. The lowest BCUT2D eigenvalue weighted by Gasteiger charge is -2.13. The predicted molar refractivity (Wildman–Crippen MR) is 126 cm³/mol. The van der Waals surface area contributed by atoms with E-state index in [9.17, 15) is 22.8 Å². The van der Waals surface area contributed by atoms with Gasteiger partial charge in [-0.1, -0.05) is 0 Å². The second kappa shape index (κ2) is 10.3. The number of aromatic nitrogens is 4. The van der Waals surface area contributed by atoms with Gasteiger partial charge in [0.25, 0.3) is 5.56 Å². The fraction of sp³-hybridized carbons (Fsp3) is 0.261. The van der Waals surface area contributed by atoms with Crippen LogP contribution >= 0.6 is 0 Å². The highest BCUT2D eigenvalue weighted by Gasteiger charge is 2.41. The molecular weight excluding hydrogens is 499 g/mol. The van der Waals surface area contributed by atoms with Crippen molar-refractivity contribution in [2.75, 3.05) is 32.8 Å². The number of carbonyl (C=O) groups excluding carboxylic acids is 1. The minimum atomic E-state index is -5.25. The first kappa shape index (κ1) is 25.6. The number of hydrogen-bond donors (Lipinski definition) is 2. The predicted octanol–water partition coefficient (Wildman–Crippen LogP) is 3.42. The zero-order chi connectivity index (χ0) is 26.7. The smallest absolute Gasteiger partial charge is 0.491 e. The van der Waals surface area contributed by atoms with Gasteiger partial charge >= 0.3 is 12.1 Å². The van der Waals surface area contributed by atoms with Crippen LogP contribution in [-0.2, 0) is 9.53 Å². The van der Waals surface area contributed by atoms with Crippen LogP contribution in [0.3, 0.4) is 0 Å². The van der Waals surface area contributed by atoms with Crippen molar-refractivity contribution in [3.8, 4) is 17.2 Å². The third-order valence-corrected chi connectivity index (χ3v) is 5.08. The van der Waals surface area contributed by atoms with Crippen LogP contribution in [0.5, 0.6) is 17.2 Å². The molecule has 0 amide bonds. The molecule has 0 saturated heterocycles. The molecule has 4 aromatic rings. The number of anilines is 2. The van der Waals surface area contributed by atoms with Crippen LogP contribution in [0.15, 0.2) is 35.1 Å². The van der Waals surface area contributed by atoms with Crippen molar-refractivity contribution in [1.29, 1.82) is 0 Å². The van der Waals surface area contributed by atoms with E-state index in [2.05, 4.69) is 30.0 Å². The number of fused-ring (bicyclic) bond motifs is 2. The van der Waals surface area contributed by atoms with Gasteiger partial charge in [0.2, 0.25) is 11.9 Å². The molecular formula is C23H20F3N5O6. The summed E-state index contributed by atoms with van der Waals surface area (Å²) in [6.07, 6.45) is -5.25. The normalized spacial score (nSPS) is 11.5. The summed E-state index contributed by atoms with van der Waals surface area (Å²) in [5.74, 6) is -2.45. The molecule has 2 aromatic carbocycles. The molecule has 4 rings (SSSR count). The van der Waals surface area contributed by atoms with E-state index in [4.69, 9.17) is 14.2 Å². The molecule has 0 radical (unpaired) electrons. The SMILES string of the molecule is COCCOc1ccc2nc(Nc3nc4c(OC)ccc(OC(=O)C(F)(F)F)c4c(=O)[nH]3)nc(C)c2c1. The zero-order valence-electron chi connectivity index (χ0n) is 19.7. The number of H-pyrrole nitrogens is 1. The summed E-state index contributed by atoms with van der Waals surface area (Å²) >= 11 is 0. The maximum Gasteiger partial charge on any atom is 0.491 e. The number of rotatable bonds is 8. The molecule has 37 heavy (non-hydrogen) atoms. The standard InChI is InChI=1S/C23H20F3N5O6/c1-11-13-10-12(36-9-8-34-2)4-5-14(13)28-21(27-11)31-22-29-18-16(35-3)7-6-15(17(18)19(32)30-22)37-20(33)23(24,25)26/h4-7,10H,8-9H2,1-3H3,(H2,27,28,29,30,31,32). The molecule has 2 N–H and O–H groups in total. The van der Waals surface area contributed by atoms with Crippen molar-refractivity contribution in [3.63, 3.8) is 0 Å². The lowest BCUT2D eigenvalue weighted by Crippen LogP contribution is -2.28. The molecule has 194 valence electrons. The van der Waals surface area contributed by atoms with Crippen molar-refractivity contribution < 1.29 is 36.9 Å². The minimum absolute atomic E-state index is 0.0626. The van der Waals surface area contributed by atoms with Gasteiger partial charge in [-0.3, -0.25) is 15.1 Å². The number of aryl methyl sites for hydroxylation is 1. The first-order chi connectivity index (χ1) is 17.6. The van der Waals surface area contributed by atoms with Gasteiger partial charge in [0.1, 0.15) is 34.8 Å². The van der Waals surface area contributed by atoms with E-state index in [1.807, 2.05) is 0 Å². The van der Waals surface area contributed by atoms with Crippen molar-refractivity contribution >= 4 is 39.7 Å². The largest absolute Gasteiger partial charge is 0.494 e. The third-order valence-electron chi connectivity index (χ3n) is 5.08. The topological polar surface area (TPSA) is 138 Å². The second-order valence-corrected chi connectivity index (χ2v) is 7.57. The van der Waals surface area contributed by atoms with E-state index < -0.39 is 28.8 Å². The summed E-state index contributed by atoms with van der Waals surface area (Å²) in [7, 11) is 2.86. The number of nitrogens with zero attached hydrogens (tertiary/aromatic N) is 3. The fourth-order valence-corrected chi connectivity index (χ4v) is 3.42. The highest BCUT2D eigenvalue weighted by molar-refractivity contribution is 5.92. The lowest BCUT2D eigenvalue weighted by molar-refractivity contribution is -0.189. The number of halogens is 3. The number of aromatic amines is 1. The molecule has 0 spiro atoms. The molecule has 0 aliphatic rings. The molecule has 0 saturated carbocycles. The lowest BCUT2D eigenvalue weighted by atomic mass is 10.2. The van der Waals surface area contributed by atoms with E-state index in [0.29, 0.717) is 30.2 Å². The van der Waals surface area contributed by atoms with Gasteiger partial charge in [-0.25, -0.2) is 19.7 Å². The minimum Gasteiger partial charge on any atom is -0.494 e. The molecule has 0 unspecified atom stereocenters. The molecule has 0 bridgehead atoms. The van der Waals surface area contributed by atoms with Crippen LogP contribution in [0.4, 0.5) is 25.1 Å². The van der Waals surface area contributed by atoms with Gasteiger partial charge in [-0.15, -0.1) is 0 Å². The van der Waals surface area contributed by atoms with Crippen LogP contribution in [0.2, 0.25) is 0 Å². The number of nitrogens with one attached hydrogen (secondary N) is 2. The van der Waals surface area contributed by atoms with Gasteiger partial charge in [-0.05, 0) is 37.3 Å². The Labute approximate surface area is 206 Å². The number of benzene rings is 2. The summed E-state index contributed by atoms with van der Waals surface area (Å²) < 4.78 is 58.2. The first-order valence-corrected chi connectivity index (χ1v) is 10.7. The highest BCUT2D eigenvalue weighted by atomic mass is 19.4. The van der Waals surface area contributed by atoms with E-state index in [-0.39, 0.29) is 23.2 Å². The van der Waals surface area contributed by atoms with Gasteiger partial charge in [-0.2, -0.15) is 13.2 Å². The first-order valence-electron chi connectivity index (χ1n) is 10.7. The summed E-state index contributed by atoms with van der Waals surface area (Å²) in [6, 6.07) is 7.49. The molecule has 2 aromatic heterocycles. The Morgan fingerprint density at radius 3 is 2.51 bits per heavy atom. The molecule has 0 atom stereocenters. The maximum absolute atomic E-state index is 12.8. The van der Waals surface area contributed by atoms with Crippen LogP contribution in [-0.4, -0.2) is 59.5 Å². The van der Waals surface area contributed by atoms with E-state index in [1.54, 1.807) is 32.2 Å². The molecule has 11 nitrogen and oxygen atoms in total. The third kappa shape index (κ3) is 5.53. The zero-order valence-corrected chi connectivity index (χ0v) is 19.7. The number of alkyl halides is 3. The molecule has 2 heterocycles. The van der Waals surface area contributed by atoms with Crippen molar-refractivity contribution in [2.24, 2.45) is 0 Å². The Balaban J connectivity index is 1.69.